The fourth-order valence-electron chi connectivity index (χ4n) is 4.58. The summed E-state index contributed by atoms with van der Waals surface area (Å²) in [6.45, 7) is 4.03. The summed E-state index contributed by atoms with van der Waals surface area (Å²) in [6.07, 6.45) is 1.35. The fraction of sp³-hybridized carbons (Fsp3) is 0.300. The number of hydrogen-bond donors (Lipinski definition) is 3. The van der Waals surface area contributed by atoms with E-state index in [-0.39, 0.29) is 12.3 Å². The predicted molar refractivity (Wildman–Crippen MR) is 145 cm³/mol. The highest BCUT2D eigenvalue weighted by Crippen LogP contribution is 2.32. The Labute approximate surface area is 226 Å². The summed E-state index contributed by atoms with van der Waals surface area (Å²) in [7, 11) is 0. The van der Waals surface area contributed by atoms with Gasteiger partial charge in [-0.05, 0) is 60.7 Å². The highest BCUT2D eigenvalue weighted by molar-refractivity contribution is 6.10. The van der Waals surface area contributed by atoms with Crippen LogP contribution in [0.15, 0.2) is 72.8 Å². The van der Waals surface area contributed by atoms with Crippen molar-refractivity contribution in [3.05, 3.63) is 95.3 Å². The molecular weight excluding hydrogens is 501 g/mol. The average molecular weight is 534 g/mol. The normalized spacial score (nSPS) is 16.5. The van der Waals surface area contributed by atoms with Crippen LogP contribution in [0, 0.1) is 12.7 Å². The first-order valence-electron chi connectivity index (χ1n) is 12.9. The third-order valence-corrected chi connectivity index (χ3v) is 6.73. The van der Waals surface area contributed by atoms with E-state index in [4.69, 9.17) is 9.84 Å². The summed E-state index contributed by atoms with van der Waals surface area (Å²) >= 11 is 0. The third kappa shape index (κ3) is 6.43. The van der Waals surface area contributed by atoms with Crippen LogP contribution in [0.25, 0.3) is 0 Å². The number of urea groups is 1. The number of unbranched alkanes of at least 4 members (excludes halogenated alkanes) is 1. The van der Waals surface area contributed by atoms with Crippen LogP contribution in [-0.2, 0) is 9.59 Å². The number of carbonyl (C=O) groups excluding carboxylic acids is 3. The van der Waals surface area contributed by atoms with Gasteiger partial charge in [-0.25, -0.2) is 14.1 Å². The molecule has 3 N–H and O–H groups in total. The number of aliphatic hydroxyl groups is 1. The van der Waals surface area contributed by atoms with Crippen LogP contribution in [0.3, 0.4) is 0 Å². The number of nitrogens with one attached hydrogen (secondary N) is 2. The van der Waals surface area contributed by atoms with E-state index in [0.29, 0.717) is 36.3 Å². The monoisotopic (exact) mass is 533 g/mol. The molecular formula is C30H32FN3O5. The smallest absolute Gasteiger partial charge is 0.325 e. The molecule has 204 valence electrons. The van der Waals surface area contributed by atoms with Gasteiger partial charge in [0.15, 0.2) is 0 Å². The van der Waals surface area contributed by atoms with Crippen LogP contribution in [0.1, 0.15) is 48.4 Å². The van der Waals surface area contributed by atoms with Crippen molar-refractivity contribution in [2.45, 2.75) is 44.7 Å². The lowest BCUT2D eigenvalue weighted by atomic mass is 9.91. The zero-order chi connectivity index (χ0) is 27.9. The van der Waals surface area contributed by atoms with Crippen LogP contribution >= 0.6 is 0 Å². The molecule has 4 rings (SSSR count). The molecule has 3 aromatic rings. The molecule has 3 atom stereocenters. The van der Waals surface area contributed by atoms with E-state index in [1.807, 2.05) is 30.3 Å². The number of nitrogens with zero attached hydrogens (tertiary/aromatic N) is 1. The molecule has 1 heterocycles. The zero-order valence-corrected chi connectivity index (χ0v) is 21.9. The van der Waals surface area contributed by atoms with Crippen LogP contribution in [0.4, 0.5) is 14.9 Å². The topological polar surface area (TPSA) is 108 Å². The first-order valence-corrected chi connectivity index (χ1v) is 12.9. The van der Waals surface area contributed by atoms with Gasteiger partial charge in [-0.1, -0.05) is 55.5 Å². The lowest BCUT2D eigenvalue weighted by molar-refractivity contribution is -0.134. The average Bonchev–Trinajstić information content (AvgIpc) is 3.22. The first kappa shape index (κ1) is 27.8. The van der Waals surface area contributed by atoms with Crippen molar-refractivity contribution in [2.75, 3.05) is 18.5 Å². The van der Waals surface area contributed by atoms with Gasteiger partial charge in [0.2, 0.25) is 5.91 Å². The molecule has 0 spiro atoms. The highest BCUT2D eigenvalue weighted by atomic mass is 19.1. The Hall–Kier alpha value is -4.24. The zero-order valence-electron chi connectivity index (χ0n) is 21.9. The van der Waals surface area contributed by atoms with Gasteiger partial charge in [-0.3, -0.25) is 9.59 Å². The Morgan fingerprint density at radius 3 is 2.46 bits per heavy atom. The molecule has 1 fully saturated rings. The lowest BCUT2D eigenvalue weighted by Crippen LogP contribution is -2.50. The minimum absolute atomic E-state index is 0.0333. The van der Waals surface area contributed by atoms with E-state index in [1.54, 1.807) is 44.2 Å². The Balaban J connectivity index is 1.59. The molecule has 1 aliphatic heterocycles. The van der Waals surface area contributed by atoms with Crippen molar-refractivity contribution in [1.29, 1.82) is 0 Å². The number of hydrogen-bond acceptors (Lipinski definition) is 5. The molecule has 1 saturated heterocycles. The summed E-state index contributed by atoms with van der Waals surface area (Å²) in [5.41, 5.74) is 1.94. The number of aliphatic hydroxyl groups excluding tert-OH is 1. The van der Waals surface area contributed by atoms with Gasteiger partial charge in [0, 0.05) is 12.5 Å². The number of aryl methyl sites for hydroxylation is 1. The van der Waals surface area contributed by atoms with Crippen molar-refractivity contribution in [2.24, 2.45) is 0 Å². The van der Waals surface area contributed by atoms with Crippen molar-refractivity contribution in [3.63, 3.8) is 0 Å². The minimum Gasteiger partial charge on any atom is -0.494 e. The molecule has 39 heavy (non-hydrogen) atoms. The summed E-state index contributed by atoms with van der Waals surface area (Å²) in [5.74, 6) is -1.85. The van der Waals surface area contributed by atoms with Crippen LogP contribution in [0.2, 0.25) is 0 Å². The van der Waals surface area contributed by atoms with Gasteiger partial charge in [0.05, 0.1) is 12.3 Å². The third-order valence-electron chi connectivity index (χ3n) is 6.73. The number of rotatable bonds is 11. The minimum atomic E-state index is -1.24. The van der Waals surface area contributed by atoms with E-state index in [2.05, 4.69) is 10.6 Å². The molecule has 0 bridgehead atoms. The van der Waals surface area contributed by atoms with Gasteiger partial charge in [-0.2, -0.15) is 0 Å². The quantitative estimate of drug-likeness (QED) is 0.245. The van der Waals surface area contributed by atoms with Crippen LogP contribution in [0.5, 0.6) is 5.75 Å². The SMILES string of the molecule is Cc1ccc(NC(=O)C(C(C)c2ccccc2)N2C(=O)N[C@H](c3ccc(OCCCCO)cc3)C2=O)c(F)c1. The number of halogens is 1. The van der Waals surface area contributed by atoms with Crippen LogP contribution in [-0.4, -0.2) is 47.1 Å². The number of amides is 4. The number of benzene rings is 3. The maximum atomic E-state index is 14.6. The van der Waals surface area contributed by atoms with Crippen molar-refractivity contribution in [3.8, 4) is 5.75 Å². The van der Waals surface area contributed by atoms with Gasteiger partial charge in [0.25, 0.3) is 5.91 Å². The molecule has 8 nitrogen and oxygen atoms in total. The Morgan fingerprint density at radius 2 is 1.79 bits per heavy atom. The Kier molecular flexibility index (Phi) is 8.93. The van der Waals surface area contributed by atoms with E-state index in [1.165, 1.54) is 12.1 Å². The van der Waals surface area contributed by atoms with Gasteiger partial charge in [0.1, 0.15) is 23.7 Å². The van der Waals surface area contributed by atoms with Gasteiger partial charge >= 0.3 is 6.03 Å². The Bertz CT molecular complexity index is 1320. The van der Waals surface area contributed by atoms with E-state index < -0.39 is 41.7 Å². The lowest BCUT2D eigenvalue weighted by Gasteiger charge is -2.30. The molecule has 3 aromatic carbocycles. The second kappa shape index (κ2) is 12.5. The van der Waals surface area contributed by atoms with E-state index in [0.717, 1.165) is 10.5 Å². The van der Waals surface area contributed by atoms with Crippen molar-refractivity contribution >= 4 is 23.5 Å². The second-order valence-corrected chi connectivity index (χ2v) is 9.56. The summed E-state index contributed by atoms with van der Waals surface area (Å²) in [5, 5.41) is 14.2. The number of carbonyl (C=O) groups is 3. The molecule has 4 amide bonds. The number of ether oxygens (including phenoxy) is 1. The standard InChI is InChI=1S/C30H32FN3O5/c1-19-10-15-25(24(31)18-19)32-28(36)27(20(2)21-8-4-3-5-9-21)34-29(37)26(33-30(34)38)22-11-13-23(14-12-22)39-17-7-6-16-35/h3-5,8-15,18,20,26-27,35H,6-7,16-17H2,1-2H3,(H,32,36)(H,33,38)/t20?,26-,27?/m1/s1. The van der Waals surface area contributed by atoms with E-state index in [9.17, 15) is 18.8 Å². The predicted octanol–water partition coefficient (Wildman–Crippen LogP) is 4.69. The fourth-order valence-corrected chi connectivity index (χ4v) is 4.58. The van der Waals surface area contributed by atoms with E-state index >= 15 is 0 Å². The van der Waals surface area contributed by atoms with Crippen LogP contribution < -0.4 is 15.4 Å². The molecule has 0 aromatic heterocycles. The summed E-state index contributed by atoms with van der Waals surface area (Å²) in [4.78, 5) is 41.3. The summed E-state index contributed by atoms with van der Waals surface area (Å²) < 4.78 is 20.2. The van der Waals surface area contributed by atoms with Gasteiger partial charge < -0.3 is 20.5 Å². The van der Waals surface area contributed by atoms with Crippen molar-refractivity contribution in [1.82, 2.24) is 10.2 Å². The second-order valence-electron chi connectivity index (χ2n) is 9.56. The van der Waals surface area contributed by atoms with Gasteiger partial charge in [-0.15, -0.1) is 0 Å². The first-order chi connectivity index (χ1) is 18.8. The maximum absolute atomic E-state index is 14.6. The summed E-state index contributed by atoms with van der Waals surface area (Å²) in [6, 6.07) is 17.3. The molecule has 0 aliphatic carbocycles. The molecule has 0 radical (unpaired) electrons. The highest BCUT2D eigenvalue weighted by Gasteiger charge is 2.47. The maximum Gasteiger partial charge on any atom is 0.325 e. The number of imide groups is 1. The molecule has 9 heteroatoms. The Morgan fingerprint density at radius 1 is 1.08 bits per heavy atom. The molecule has 2 unspecified atom stereocenters. The van der Waals surface area contributed by atoms with Crippen molar-refractivity contribution < 1.29 is 28.6 Å². The molecule has 1 aliphatic rings. The largest absolute Gasteiger partial charge is 0.494 e. The number of anilines is 1. The molecule has 0 saturated carbocycles.